The van der Waals surface area contributed by atoms with E-state index in [1.165, 1.54) is 4.90 Å². The number of rotatable bonds is 5. The highest BCUT2D eigenvalue weighted by molar-refractivity contribution is 9.10. The van der Waals surface area contributed by atoms with Crippen molar-refractivity contribution in [2.24, 2.45) is 5.92 Å². The van der Waals surface area contributed by atoms with Crippen molar-refractivity contribution in [2.45, 2.75) is 30.3 Å². The number of hydrogen-bond donors (Lipinski definition) is 1. The molecule has 0 aromatic heterocycles. The Morgan fingerprint density at radius 3 is 2.61 bits per heavy atom. The van der Waals surface area contributed by atoms with Crippen LogP contribution in [0.5, 0.6) is 0 Å². The van der Waals surface area contributed by atoms with Gasteiger partial charge in [0.25, 0.3) is 0 Å². The average Bonchev–Trinajstić information content (AvgIpc) is 2.39. The highest BCUT2D eigenvalue weighted by Crippen LogP contribution is 2.25. The highest BCUT2D eigenvalue weighted by Gasteiger charge is 2.17. The Morgan fingerprint density at radius 1 is 1.28 bits per heavy atom. The lowest BCUT2D eigenvalue weighted by Crippen LogP contribution is -2.22. The van der Waals surface area contributed by atoms with E-state index in [4.69, 9.17) is 4.74 Å². The number of halogens is 1. The maximum atomic E-state index is 10.0. The maximum absolute atomic E-state index is 10.0. The molecule has 18 heavy (non-hydrogen) atoms. The van der Waals surface area contributed by atoms with Gasteiger partial charge in [0.1, 0.15) is 0 Å². The minimum atomic E-state index is -0.207. The molecule has 1 aromatic carbocycles. The van der Waals surface area contributed by atoms with Crippen molar-refractivity contribution < 1.29 is 9.84 Å². The van der Waals surface area contributed by atoms with Crippen LogP contribution in [0, 0.1) is 5.92 Å². The van der Waals surface area contributed by atoms with Crippen LogP contribution < -0.4 is 0 Å². The number of thioether (sulfide) groups is 1. The first-order valence-electron chi connectivity index (χ1n) is 6.38. The van der Waals surface area contributed by atoms with Gasteiger partial charge in [-0.3, -0.25) is 0 Å². The number of aliphatic hydroxyl groups is 1. The molecule has 0 radical (unpaired) electrons. The van der Waals surface area contributed by atoms with Crippen LogP contribution in [0.2, 0.25) is 0 Å². The molecule has 0 aliphatic carbocycles. The summed E-state index contributed by atoms with van der Waals surface area (Å²) >= 11 is 5.14. The molecule has 2 nitrogen and oxygen atoms in total. The van der Waals surface area contributed by atoms with Crippen molar-refractivity contribution in [1.82, 2.24) is 0 Å². The average molecular weight is 331 g/mol. The third-order valence-corrected chi connectivity index (χ3v) is 4.89. The summed E-state index contributed by atoms with van der Waals surface area (Å²) in [6.07, 6.45) is 2.90. The fourth-order valence-electron chi connectivity index (χ4n) is 2.16. The molecule has 1 heterocycles. The van der Waals surface area contributed by atoms with Gasteiger partial charge in [-0.15, -0.1) is 11.8 Å². The van der Waals surface area contributed by atoms with Gasteiger partial charge in [0.2, 0.25) is 0 Å². The van der Waals surface area contributed by atoms with Gasteiger partial charge in [-0.1, -0.05) is 15.9 Å². The minimum Gasteiger partial charge on any atom is -0.392 e. The van der Waals surface area contributed by atoms with Crippen molar-refractivity contribution >= 4 is 27.7 Å². The maximum Gasteiger partial charge on any atom is 0.0636 e. The number of aliphatic hydroxyl groups excluding tert-OH is 1. The normalized spacial score (nSPS) is 18.8. The second kappa shape index (κ2) is 7.53. The molecule has 1 aliphatic heterocycles. The molecule has 0 spiro atoms. The topological polar surface area (TPSA) is 29.5 Å². The summed E-state index contributed by atoms with van der Waals surface area (Å²) in [5, 5.41) is 10.0. The predicted molar refractivity (Wildman–Crippen MR) is 79.0 cm³/mol. The van der Waals surface area contributed by atoms with E-state index in [2.05, 4.69) is 28.1 Å². The molecule has 100 valence electrons. The Bertz CT molecular complexity index is 349. The van der Waals surface area contributed by atoms with Crippen LogP contribution in [0.25, 0.3) is 0 Å². The van der Waals surface area contributed by atoms with Gasteiger partial charge in [0.05, 0.1) is 6.10 Å². The molecule has 1 fully saturated rings. The van der Waals surface area contributed by atoms with Crippen molar-refractivity contribution in [3.05, 3.63) is 28.7 Å². The largest absolute Gasteiger partial charge is 0.392 e. The van der Waals surface area contributed by atoms with Gasteiger partial charge in [-0.05, 0) is 49.4 Å². The summed E-state index contributed by atoms with van der Waals surface area (Å²) in [5.74, 6) is 1.41. The number of hydrogen-bond acceptors (Lipinski definition) is 3. The molecule has 0 saturated carbocycles. The molecule has 0 amide bonds. The number of ether oxygens (including phenoxy) is 1. The third-order valence-electron chi connectivity index (χ3n) is 3.20. The van der Waals surface area contributed by atoms with Gasteiger partial charge in [-0.2, -0.15) is 0 Å². The molecule has 0 bridgehead atoms. The molecule has 2 rings (SSSR count). The second-order valence-corrected chi connectivity index (χ2v) is 6.72. The fourth-order valence-corrected chi connectivity index (χ4v) is 3.27. The summed E-state index contributed by atoms with van der Waals surface area (Å²) < 4.78 is 6.42. The summed E-state index contributed by atoms with van der Waals surface area (Å²) in [7, 11) is 0. The fraction of sp³-hybridized carbons (Fsp3) is 0.571. The van der Waals surface area contributed by atoms with Crippen molar-refractivity contribution in [3.8, 4) is 0 Å². The van der Waals surface area contributed by atoms with Crippen LogP contribution in [-0.4, -0.2) is 30.2 Å². The Kier molecular flexibility index (Phi) is 6.02. The molecule has 1 atom stereocenters. The summed E-state index contributed by atoms with van der Waals surface area (Å²) in [5.41, 5.74) is 0. The van der Waals surface area contributed by atoms with Gasteiger partial charge in [-0.25, -0.2) is 0 Å². The van der Waals surface area contributed by atoms with Crippen molar-refractivity contribution in [1.29, 1.82) is 0 Å². The molecular weight excluding hydrogens is 312 g/mol. The second-order valence-electron chi connectivity index (χ2n) is 4.71. The van der Waals surface area contributed by atoms with Gasteiger partial charge >= 0.3 is 0 Å². The zero-order valence-corrected chi connectivity index (χ0v) is 12.8. The van der Waals surface area contributed by atoms with Crippen LogP contribution in [0.1, 0.15) is 19.3 Å². The SMILES string of the molecule is OC(CSc1ccc(Br)cc1)CC1CCOCC1. The van der Waals surface area contributed by atoms with Crippen LogP contribution in [-0.2, 0) is 4.74 Å². The first kappa shape index (κ1) is 14.4. The first-order chi connectivity index (χ1) is 8.74. The van der Waals surface area contributed by atoms with E-state index in [1.807, 2.05) is 12.1 Å². The zero-order chi connectivity index (χ0) is 12.8. The highest BCUT2D eigenvalue weighted by atomic mass is 79.9. The lowest BCUT2D eigenvalue weighted by Gasteiger charge is -2.24. The monoisotopic (exact) mass is 330 g/mol. The van der Waals surface area contributed by atoms with Crippen LogP contribution in [0.3, 0.4) is 0 Å². The quantitative estimate of drug-likeness (QED) is 0.834. The van der Waals surface area contributed by atoms with E-state index < -0.39 is 0 Å². The predicted octanol–water partition coefficient (Wildman–Crippen LogP) is 3.72. The molecule has 1 aromatic rings. The zero-order valence-electron chi connectivity index (χ0n) is 10.3. The van der Waals surface area contributed by atoms with E-state index in [0.717, 1.165) is 42.7 Å². The Morgan fingerprint density at radius 2 is 1.94 bits per heavy atom. The smallest absolute Gasteiger partial charge is 0.0636 e. The van der Waals surface area contributed by atoms with E-state index in [0.29, 0.717) is 5.92 Å². The van der Waals surface area contributed by atoms with E-state index >= 15 is 0 Å². The van der Waals surface area contributed by atoms with Gasteiger partial charge < -0.3 is 9.84 Å². The van der Waals surface area contributed by atoms with Crippen molar-refractivity contribution in [3.63, 3.8) is 0 Å². The molecular formula is C14H19BrO2S. The molecule has 1 aliphatic rings. The van der Waals surface area contributed by atoms with Crippen molar-refractivity contribution in [2.75, 3.05) is 19.0 Å². The Labute approximate surface area is 121 Å². The van der Waals surface area contributed by atoms with Crippen LogP contribution >= 0.6 is 27.7 Å². The third kappa shape index (κ3) is 4.92. The Balaban J connectivity index is 1.70. The van der Waals surface area contributed by atoms with E-state index in [9.17, 15) is 5.11 Å². The molecule has 4 heteroatoms. The van der Waals surface area contributed by atoms with Gasteiger partial charge in [0.15, 0.2) is 0 Å². The Hall–Kier alpha value is -0.0300. The first-order valence-corrected chi connectivity index (χ1v) is 8.16. The molecule has 1 unspecified atom stereocenters. The van der Waals surface area contributed by atoms with Gasteiger partial charge in [0, 0.05) is 28.3 Å². The van der Waals surface area contributed by atoms with E-state index in [1.54, 1.807) is 11.8 Å². The lowest BCUT2D eigenvalue weighted by molar-refractivity contribution is 0.0478. The standard InChI is InChI=1S/C14H19BrO2S/c15-12-1-3-14(4-2-12)18-10-13(16)9-11-5-7-17-8-6-11/h1-4,11,13,16H,5-10H2. The molecule has 1 saturated heterocycles. The minimum absolute atomic E-state index is 0.207. The summed E-state index contributed by atoms with van der Waals surface area (Å²) in [6, 6.07) is 8.23. The van der Waals surface area contributed by atoms with E-state index in [-0.39, 0.29) is 6.10 Å². The van der Waals surface area contributed by atoms with Crippen LogP contribution in [0.15, 0.2) is 33.6 Å². The number of benzene rings is 1. The summed E-state index contributed by atoms with van der Waals surface area (Å²) in [4.78, 5) is 1.21. The molecule has 1 N–H and O–H groups in total. The summed E-state index contributed by atoms with van der Waals surface area (Å²) in [6.45, 7) is 1.72. The van der Waals surface area contributed by atoms with Crippen LogP contribution in [0.4, 0.5) is 0 Å². The lowest BCUT2D eigenvalue weighted by atomic mass is 9.94.